The number of amides is 1. The summed E-state index contributed by atoms with van der Waals surface area (Å²) in [5, 5.41) is 3.94. The third kappa shape index (κ3) is 6.49. The Hall–Kier alpha value is -2.52. The molecule has 3 fully saturated rings. The lowest BCUT2D eigenvalue weighted by Gasteiger charge is -2.33. The first-order valence-corrected chi connectivity index (χ1v) is 13.4. The van der Waals surface area contributed by atoms with Gasteiger partial charge in [-0.3, -0.25) is 9.78 Å². The fraction of sp³-hybridized carbons (Fsp3) is 0.556. The quantitative estimate of drug-likeness (QED) is 0.540. The summed E-state index contributed by atoms with van der Waals surface area (Å²) in [5.41, 5.74) is 0.756. The molecule has 0 spiro atoms. The van der Waals surface area contributed by atoms with Crippen molar-refractivity contribution >= 4 is 28.9 Å². The second-order valence-electron chi connectivity index (χ2n) is 10.5. The number of halogens is 4. The number of hydrogen-bond donors (Lipinski definition) is 1. The van der Waals surface area contributed by atoms with Gasteiger partial charge in [0, 0.05) is 74.3 Å². The van der Waals surface area contributed by atoms with E-state index in [1.807, 2.05) is 17.0 Å². The average molecular weight is 536 g/mol. The van der Waals surface area contributed by atoms with E-state index in [1.54, 1.807) is 6.07 Å². The summed E-state index contributed by atoms with van der Waals surface area (Å²) in [4.78, 5) is 23.0. The molecular formula is C27H33ClF3N5O. The van der Waals surface area contributed by atoms with E-state index < -0.39 is 11.9 Å². The van der Waals surface area contributed by atoms with Crippen LogP contribution in [0.2, 0.25) is 5.02 Å². The topological polar surface area (TPSA) is 51.7 Å². The molecule has 2 unspecified atom stereocenters. The lowest BCUT2D eigenvalue weighted by atomic mass is 10.0. The second-order valence-corrected chi connectivity index (χ2v) is 10.9. The monoisotopic (exact) mass is 535 g/mol. The van der Waals surface area contributed by atoms with Gasteiger partial charge >= 0.3 is 6.18 Å². The van der Waals surface area contributed by atoms with E-state index in [1.165, 1.54) is 11.9 Å². The molecule has 4 heterocycles. The van der Waals surface area contributed by atoms with Crippen molar-refractivity contribution in [1.29, 1.82) is 0 Å². The van der Waals surface area contributed by atoms with Gasteiger partial charge in [0.05, 0.1) is 0 Å². The minimum Gasteiger partial charge on any atom is -0.382 e. The number of nitrogens with one attached hydrogen (secondary N) is 1. The first kappa shape index (κ1) is 26.1. The van der Waals surface area contributed by atoms with Crippen LogP contribution in [-0.2, 0) is 11.0 Å². The number of hydrogen-bond acceptors (Lipinski definition) is 5. The van der Waals surface area contributed by atoms with E-state index in [0.717, 1.165) is 63.1 Å². The fourth-order valence-corrected chi connectivity index (χ4v) is 6.06. The maximum absolute atomic E-state index is 12.9. The molecule has 5 rings (SSSR count). The van der Waals surface area contributed by atoms with Crippen LogP contribution in [0, 0.1) is 11.8 Å². The van der Waals surface area contributed by atoms with E-state index >= 15 is 0 Å². The number of benzene rings is 1. The van der Waals surface area contributed by atoms with E-state index in [4.69, 9.17) is 11.6 Å². The Balaban J connectivity index is 0.993. The van der Waals surface area contributed by atoms with Gasteiger partial charge in [0.2, 0.25) is 5.91 Å². The minimum atomic E-state index is -4.46. The summed E-state index contributed by atoms with van der Waals surface area (Å²) >= 11 is 6.02. The molecule has 2 atom stereocenters. The normalized spacial score (nSPS) is 22.9. The smallest absolute Gasteiger partial charge is 0.382 e. The number of rotatable bonds is 7. The number of alkyl halides is 3. The first-order chi connectivity index (χ1) is 17.7. The van der Waals surface area contributed by atoms with Crippen molar-refractivity contribution in [3.63, 3.8) is 0 Å². The van der Waals surface area contributed by atoms with Gasteiger partial charge in [0.1, 0.15) is 5.69 Å². The van der Waals surface area contributed by atoms with Gasteiger partial charge < -0.3 is 20.0 Å². The zero-order chi connectivity index (χ0) is 26.0. The number of anilines is 2. The molecule has 0 bridgehead atoms. The molecule has 0 saturated carbocycles. The van der Waals surface area contributed by atoms with Crippen molar-refractivity contribution in [1.82, 2.24) is 14.8 Å². The van der Waals surface area contributed by atoms with Crippen molar-refractivity contribution in [3.05, 3.63) is 53.3 Å². The molecule has 2 aromatic rings. The highest BCUT2D eigenvalue weighted by Gasteiger charge is 2.39. The van der Waals surface area contributed by atoms with E-state index in [-0.39, 0.29) is 11.9 Å². The highest BCUT2D eigenvalue weighted by Crippen LogP contribution is 2.34. The minimum absolute atomic E-state index is 0.0454. The molecule has 1 aromatic heterocycles. The zero-order valence-corrected chi connectivity index (χ0v) is 21.5. The Bertz CT molecular complexity index is 1060. The molecule has 6 nitrogen and oxygen atoms in total. The Morgan fingerprint density at radius 3 is 2.35 bits per heavy atom. The molecule has 3 saturated heterocycles. The Morgan fingerprint density at radius 1 is 1.03 bits per heavy atom. The molecule has 0 radical (unpaired) electrons. The van der Waals surface area contributed by atoms with Crippen LogP contribution in [0.3, 0.4) is 0 Å². The number of piperidine rings is 1. The van der Waals surface area contributed by atoms with E-state index in [0.29, 0.717) is 37.0 Å². The van der Waals surface area contributed by atoms with Crippen LogP contribution in [0.25, 0.3) is 0 Å². The number of fused-ring (bicyclic) bond motifs is 1. The van der Waals surface area contributed by atoms with Gasteiger partial charge in [-0.2, -0.15) is 13.2 Å². The van der Waals surface area contributed by atoms with Crippen molar-refractivity contribution in [3.8, 4) is 0 Å². The molecule has 3 aliphatic rings. The maximum Gasteiger partial charge on any atom is 0.433 e. The molecular weight excluding hydrogens is 503 g/mol. The summed E-state index contributed by atoms with van der Waals surface area (Å²) in [6, 6.07) is 10.7. The fourth-order valence-electron chi connectivity index (χ4n) is 5.93. The van der Waals surface area contributed by atoms with Gasteiger partial charge in [-0.25, -0.2) is 0 Å². The molecule has 200 valence electrons. The molecule has 3 aliphatic heterocycles. The lowest BCUT2D eigenvalue weighted by Crippen LogP contribution is -2.42. The SMILES string of the molecule is O=C(CCCN1CC2CN(c3ccc(Cl)cc3)CC2C1)N1CCC(Nc2ccnc(C(F)(F)F)c2)CC1. The van der Waals surface area contributed by atoms with Crippen LogP contribution in [0.4, 0.5) is 24.5 Å². The van der Waals surface area contributed by atoms with Crippen LogP contribution in [0.5, 0.6) is 0 Å². The number of carbonyl (C=O) groups is 1. The summed E-state index contributed by atoms with van der Waals surface area (Å²) < 4.78 is 38.7. The van der Waals surface area contributed by atoms with Gasteiger partial charge in [-0.15, -0.1) is 0 Å². The Morgan fingerprint density at radius 2 is 1.70 bits per heavy atom. The molecule has 10 heteroatoms. The average Bonchev–Trinajstić information content (AvgIpc) is 3.44. The van der Waals surface area contributed by atoms with Gasteiger partial charge in [0.25, 0.3) is 0 Å². The Kier molecular flexibility index (Phi) is 7.81. The van der Waals surface area contributed by atoms with Crippen molar-refractivity contribution in [2.75, 3.05) is 56.0 Å². The number of carbonyl (C=O) groups excluding carboxylic acids is 1. The third-order valence-corrected chi connectivity index (χ3v) is 8.14. The lowest BCUT2D eigenvalue weighted by molar-refractivity contribution is -0.141. The maximum atomic E-state index is 12.9. The van der Waals surface area contributed by atoms with E-state index in [2.05, 4.69) is 32.2 Å². The molecule has 1 aromatic carbocycles. The largest absolute Gasteiger partial charge is 0.433 e. The van der Waals surface area contributed by atoms with Crippen molar-refractivity contribution in [2.45, 2.75) is 37.9 Å². The zero-order valence-electron chi connectivity index (χ0n) is 20.8. The number of pyridine rings is 1. The number of aromatic nitrogens is 1. The standard InChI is InChI=1S/C27H33ClF3N5O/c28-21-3-5-24(6-4-21)36-17-19-15-34(16-20(19)18-36)11-1-2-26(37)35-12-8-22(9-13-35)33-23-7-10-32-25(14-23)27(29,30)31/h3-7,10,14,19-20,22H,1-2,8-9,11-13,15-18H2,(H,32,33). The Labute approximate surface area is 220 Å². The van der Waals surface area contributed by atoms with Crippen LogP contribution >= 0.6 is 11.6 Å². The summed E-state index contributed by atoms with van der Waals surface area (Å²) in [5.74, 6) is 1.52. The van der Waals surface area contributed by atoms with Gasteiger partial charge in [0.15, 0.2) is 0 Å². The first-order valence-electron chi connectivity index (χ1n) is 13.0. The van der Waals surface area contributed by atoms with Crippen LogP contribution in [0.15, 0.2) is 42.6 Å². The van der Waals surface area contributed by atoms with Crippen LogP contribution in [-0.4, -0.2) is 72.5 Å². The van der Waals surface area contributed by atoms with Gasteiger partial charge in [-0.05, 0) is 74.0 Å². The number of nitrogens with zero attached hydrogens (tertiary/aromatic N) is 4. The summed E-state index contributed by atoms with van der Waals surface area (Å²) in [7, 11) is 0. The van der Waals surface area contributed by atoms with Crippen molar-refractivity contribution < 1.29 is 18.0 Å². The molecule has 37 heavy (non-hydrogen) atoms. The molecule has 1 amide bonds. The van der Waals surface area contributed by atoms with Gasteiger partial charge in [-0.1, -0.05) is 11.6 Å². The summed E-state index contributed by atoms with van der Waals surface area (Å²) in [6.07, 6.45) is -0.454. The predicted octanol–water partition coefficient (Wildman–Crippen LogP) is 5.01. The highest BCUT2D eigenvalue weighted by atomic mass is 35.5. The predicted molar refractivity (Wildman–Crippen MR) is 139 cm³/mol. The number of likely N-dealkylation sites (tertiary alicyclic amines) is 2. The molecule has 0 aliphatic carbocycles. The second kappa shape index (κ2) is 11.1. The van der Waals surface area contributed by atoms with E-state index in [9.17, 15) is 18.0 Å². The van der Waals surface area contributed by atoms with Crippen LogP contribution in [0.1, 0.15) is 31.4 Å². The summed E-state index contributed by atoms with van der Waals surface area (Å²) in [6.45, 7) is 6.52. The highest BCUT2D eigenvalue weighted by molar-refractivity contribution is 6.30. The van der Waals surface area contributed by atoms with Crippen LogP contribution < -0.4 is 10.2 Å². The third-order valence-electron chi connectivity index (χ3n) is 7.89. The molecule has 1 N–H and O–H groups in total. The van der Waals surface area contributed by atoms with Crippen molar-refractivity contribution in [2.24, 2.45) is 11.8 Å².